The summed E-state index contributed by atoms with van der Waals surface area (Å²) in [7, 11) is 0. The summed E-state index contributed by atoms with van der Waals surface area (Å²) in [5.74, 6) is -0.287. The number of amides is 2. The van der Waals surface area contributed by atoms with Gasteiger partial charge in [0.25, 0.3) is 0 Å². The van der Waals surface area contributed by atoms with Crippen LogP contribution >= 0.6 is 0 Å². The maximum atomic E-state index is 11.9. The molecule has 2 amide bonds. The van der Waals surface area contributed by atoms with Crippen LogP contribution in [0.4, 0.5) is 10.5 Å². The van der Waals surface area contributed by atoms with Gasteiger partial charge in [-0.15, -0.1) is 0 Å². The van der Waals surface area contributed by atoms with Gasteiger partial charge in [-0.25, -0.2) is 4.79 Å². The molecule has 1 aliphatic rings. The maximum absolute atomic E-state index is 11.9. The van der Waals surface area contributed by atoms with Crippen LogP contribution in [0.25, 0.3) is 0 Å². The second-order valence-corrected chi connectivity index (χ2v) is 6.09. The fourth-order valence-corrected chi connectivity index (χ4v) is 2.43. The van der Waals surface area contributed by atoms with E-state index in [0.717, 1.165) is 0 Å². The number of benzene rings is 1. The van der Waals surface area contributed by atoms with Gasteiger partial charge >= 0.3 is 12.0 Å². The first-order valence-electron chi connectivity index (χ1n) is 7.27. The molecule has 2 rings (SSSR count). The molecule has 0 heterocycles. The molecule has 0 aromatic heterocycles. The minimum atomic E-state index is -0.864. The lowest BCUT2D eigenvalue weighted by Crippen LogP contribution is -2.35. The highest BCUT2D eigenvalue weighted by Gasteiger charge is 2.45. The van der Waals surface area contributed by atoms with E-state index in [0.29, 0.717) is 23.7 Å². The van der Waals surface area contributed by atoms with E-state index in [1.165, 1.54) is 12.8 Å². The zero-order chi connectivity index (χ0) is 15.5. The molecule has 5 heteroatoms. The molecule has 1 aromatic rings. The van der Waals surface area contributed by atoms with Crippen LogP contribution in [-0.4, -0.2) is 23.7 Å². The molecule has 0 saturated heterocycles. The van der Waals surface area contributed by atoms with Crippen LogP contribution in [0.5, 0.6) is 0 Å². The molecule has 1 aromatic carbocycles. The van der Waals surface area contributed by atoms with Gasteiger partial charge in [0.15, 0.2) is 0 Å². The average Bonchev–Trinajstić information content (AvgIpc) is 3.19. The van der Waals surface area contributed by atoms with Gasteiger partial charge in [-0.1, -0.05) is 26.0 Å². The van der Waals surface area contributed by atoms with Crippen molar-refractivity contribution in [2.45, 2.75) is 33.1 Å². The van der Waals surface area contributed by atoms with Crippen LogP contribution in [-0.2, 0) is 11.2 Å². The first kappa shape index (κ1) is 15.4. The molecule has 0 unspecified atom stereocenters. The second-order valence-electron chi connectivity index (χ2n) is 6.09. The van der Waals surface area contributed by atoms with E-state index in [1.54, 1.807) is 24.3 Å². The van der Waals surface area contributed by atoms with E-state index in [4.69, 9.17) is 5.11 Å². The highest BCUT2D eigenvalue weighted by molar-refractivity contribution is 5.89. The number of carboxylic acid groups (broad SMARTS) is 1. The van der Waals surface area contributed by atoms with Crippen LogP contribution < -0.4 is 10.6 Å². The van der Waals surface area contributed by atoms with Crippen molar-refractivity contribution in [3.05, 3.63) is 29.8 Å². The maximum Gasteiger partial charge on any atom is 0.319 e. The van der Waals surface area contributed by atoms with Gasteiger partial charge in [0.05, 0.1) is 6.42 Å². The second kappa shape index (κ2) is 6.16. The fourth-order valence-electron chi connectivity index (χ4n) is 2.43. The number of nitrogens with one attached hydrogen (secondary N) is 2. The molecule has 3 N–H and O–H groups in total. The molecule has 5 nitrogen and oxygen atoms in total. The smallest absolute Gasteiger partial charge is 0.319 e. The van der Waals surface area contributed by atoms with E-state index in [2.05, 4.69) is 24.5 Å². The Bertz CT molecular complexity index is 519. The van der Waals surface area contributed by atoms with Crippen molar-refractivity contribution in [1.82, 2.24) is 5.32 Å². The summed E-state index contributed by atoms with van der Waals surface area (Å²) in [5.41, 5.74) is 1.66. The highest BCUT2D eigenvalue weighted by Crippen LogP contribution is 2.51. The number of rotatable bonds is 6. The van der Waals surface area contributed by atoms with Crippen molar-refractivity contribution in [1.29, 1.82) is 0 Å². The Morgan fingerprint density at radius 1 is 1.24 bits per heavy atom. The fraction of sp³-hybridized carbons (Fsp3) is 0.500. The van der Waals surface area contributed by atoms with E-state index in [-0.39, 0.29) is 17.9 Å². The standard InChI is InChI=1S/C16H22N2O3/c1-11(2)16(7-8-16)10-17-15(21)18-13-5-3-12(4-6-13)9-14(19)20/h3-6,11H,7-10H2,1-2H3,(H,19,20)(H2,17,18,21). The Kier molecular flexibility index (Phi) is 4.50. The first-order valence-corrected chi connectivity index (χ1v) is 7.27. The molecule has 1 saturated carbocycles. The van der Waals surface area contributed by atoms with Gasteiger partial charge in [-0.05, 0) is 41.9 Å². The molecular weight excluding hydrogens is 268 g/mol. The van der Waals surface area contributed by atoms with Gasteiger partial charge in [0.2, 0.25) is 0 Å². The summed E-state index contributed by atoms with van der Waals surface area (Å²) in [6, 6.07) is 6.63. The predicted molar refractivity (Wildman–Crippen MR) is 81.3 cm³/mol. The Morgan fingerprint density at radius 3 is 2.33 bits per heavy atom. The summed E-state index contributed by atoms with van der Waals surface area (Å²) in [6.07, 6.45) is 2.34. The van der Waals surface area contributed by atoms with E-state index >= 15 is 0 Å². The van der Waals surface area contributed by atoms with Crippen LogP contribution in [0.1, 0.15) is 32.3 Å². The van der Waals surface area contributed by atoms with Crippen molar-refractivity contribution in [3.8, 4) is 0 Å². The van der Waals surface area contributed by atoms with Gasteiger partial charge in [-0.2, -0.15) is 0 Å². The normalized spacial score (nSPS) is 15.6. The largest absolute Gasteiger partial charge is 0.481 e. The Balaban J connectivity index is 1.81. The molecular formula is C16H22N2O3. The average molecular weight is 290 g/mol. The molecule has 0 bridgehead atoms. The third-order valence-electron chi connectivity index (χ3n) is 4.29. The van der Waals surface area contributed by atoms with Gasteiger partial charge in [-0.3, -0.25) is 4.79 Å². The Labute approximate surface area is 124 Å². The number of carboxylic acids is 1. The number of hydrogen-bond donors (Lipinski definition) is 3. The lowest BCUT2D eigenvalue weighted by atomic mass is 9.92. The highest BCUT2D eigenvalue weighted by atomic mass is 16.4. The minimum Gasteiger partial charge on any atom is -0.481 e. The zero-order valence-corrected chi connectivity index (χ0v) is 12.5. The van der Waals surface area contributed by atoms with Crippen molar-refractivity contribution in [2.24, 2.45) is 11.3 Å². The summed E-state index contributed by atoms with van der Waals surface area (Å²) >= 11 is 0. The molecule has 0 radical (unpaired) electrons. The molecule has 114 valence electrons. The van der Waals surface area contributed by atoms with E-state index < -0.39 is 5.97 Å². The first-order chi connectivity index (χ1) is 9.91. The van der Waals surface area contributed by atoms with Crippen LogP contribution in [0.2, 0.25) is 0 Å². The van der Waals surface area contributed by atoms with Crippen molar-refractivity contribution >= 4 is 17.7 Å². The van der Waals surface area contributed by atoms with Crippen LogP contribution in [0, 0.1) is 11.3 Å². The predicted octanol–water partition coefficient (Wildman–Crippen LogP) is 2.87. The lowest BCUT2D eigenvalue weighted by molar-refractivity contribution is -0.136. The van der Waals surface area contributed by atoms with E-state index in [9.17, 15) is 9.59 Å². The van der Waals surface area contributed by atoms with Gasteiger partial charge < -0.3 is 15.7 Å². The summed E-state index contributed by atoms with van der Waals surface area (Å²) in [5, 5.41) is 14.4. The summed E-state index contributed by atoms with van der Waals surface area (Å²) in [4.78, 5) is 22.4. The number of carbonyl (C=O) groups excluding carboxylic acids is 1. The SMILES string of the molecule is CC(C)C1(CNC(=O)Nc2ccc(CC(=O)O)cc2)CC1. The van der Waals surface area contributed by atoms with Crippen molar-refractivity contribution < 1.29 is 14.7 Å². The molecule has 0 atom stereocenters. The third kappa shape index (κ3) is 4.21. The molecule has 21 heavy (non-hydrogen) atoms. The van der Waals surface area contributed by atoms with Gasteiger partial charge in [0.1, 0.15) is 0 Å². The zero-order valence-electron chi connectivity index (χ0n) is 12.5. The lowest BCUT2D eigenvalue weighted by Gasteiger charge is -2.20. The monoisotopic (exact) mass is 290 g/mol. The minimum absolute atomic E-state index is 0.0105. The molecule has 1 aliphatic carbocycles. The van der Waals surface area contributed by atoms with Gasteiger partial charge in [0, 0.05) is 12.2 Å². The Morgan fingerprint density at radius 2 is 1.86 bits per heavy atom. The quantitative estimate of drug-likeness (QED) is 0.753. The third-order valence-corrected chi connectivity index (χ3v) is 4.29. The topological polar surface area (TPSA) is 78.4 Å². The number of hydrogen-bond acceptors (Lipinski definition) is 2. The number of urea groups is 1. The van der Waals surface area contributed by atoms with Crippen molar-refractivity contribution in [3.63, 3.8) is 0 Å². The Hall–Kier alpha value is -2.04. The van der Waals surface area contributed by atoms with E-state index in [1.807, 2.05) is 0 Å². The molecule has 0 aliphatic heterocycles. The summed E-state index contributed by atoms with van der Waals surface area (Å²) in [6.45, 7) is 5.08. The van der Waals surface area contributed by atoms with Crippen LogP contribution in [0.15, 0.2) is 24.3 Å². The number of anilines is 1. The molecule has 0 spiro atoms. The number of aliphatic carboxylic acids is 1. The summed E-state index contributed by atoms with van der Waals surface area (Å²) < 4.78 is 0. The van der Waals surface area contributed by atoms with Crippen LogP contribution in [0.3, 0.4) is 0 Å². The number of carbonyl (C=O) groups is 2. The van der Waals surface area contributed by atoms with Crippen molar-refractivity contribution in [2.75, 3.05) is 11.9 Å². The molecule has 1 fully saturated rings.